The van der Waals surface area contributed by atoms with Crippen LogP contribution in [-0.2, 0) is 0 Å². The van der Waals surface area contributed by atoms with E-state index >= 15 is 0 Å². The lowest BCUT2D eigenvalue weighted by atomic mass is 9.79. The summed E-state index contributed by atoms with van der Waals surface area (Å²) in [6.45, 7) is 4.89. The van der Waals surface area contributed by atoms with Crippen LogP contribution in [0.5, 0.6) is 0 Å². The van der Waals surface area contributed by atoms with Gasteiger partial charge in [-0.25, -0.2) is 0 Å². The van der Waals surface area contributed by atoms with Crippen LogP contribution in [0.15, 0.2) is 0 Å². The van der Waals surface area contributed by atoms with E-state index in [1.165, 1.54) is 0 Å². The van der Waals surface area contributed by atoms with Crippen molar-refractivity contribution in [3.63, 3.8) is 0 Å². The third kappa shape index (κ3) is 1.68. The normalized spacial score (nSPS) is 24.2. The van der Waals surface area contributed by atoms with Gasteiger partial charge in [-0.3, -0.25) is 0 Å². The van der Waals surface area contributed by atoms with Crippen molar-refractivity contribution in [2.24, 2.45) is 10.8 Å². The second-order valence-electron chi connectivity index (χ2n) is 4.92. The van der Waals surface area contributed by atoms with Gasteiger partial charge in [0.25, 0.3) is 0 Å². The fourth-order valence-electron chi connectivity index (χ4n) is 1.68. The number of aliphatic hydroxyl groups excluding tert-OH is 1. The molecule has 0 bridgehead atoms. The molecule has 0 spiro atoms. The van der Waals surface area contributed by atoms with E-state index in [0.717, 1.165) is 0 Å². The Morgan fingerprint density at radius 2 is 1.54 bits per heavy atom. The first-order valence-electron chi connectivity index (χ1n) is 4.36. The molecule has 78 valence electrons. The van der Waals surface area contributed by atoms with E-state index in [-0.39, 0.29) is 12.8 Å². The van der Waals surface area contributed by atoms with Gasteiger partial charge in [-0.15, -0.1) is 0 Å². The van der Waals surface area contributed by atoms with Crippen LogP contribution < -0.4 is 0 Å². The molecule has 0 aliphatic heterocycles. The summed E-state index contributed by atoms with van der Waals surface area (Å²) < 4.78 is 37.6. The highest BCUT2D eigenvalue weighted by Gasteiger charge is 2.68. The van der Waals surface area contributed by atoms with Crippen LogP contribution in [0.2, 0.25) is 0 Å². The average Bonchev–Trinajstić information content (AvgIpc) is 2.60. The predicted octanol–water partition coefficient (Wildman–Crippen LogP) is 2.74. The van der Waals surface area contributed by atoms with Crippen molar-refractivity contribution < 1.29 is 18.3 Å². The molecule has 1 N–H and O–H groups in total. The van der Waals surface area contributed by atoms with Crippen molar-refractivity contribution in [2.75, 3.05) is 0 Å². The molecule has 0 heterocycles. The van der Waals surface area contributed by atoms with Crippen molar-refractivity contribution in [1.29, 1.82) is 0 Å². The Morgan fingerprint density at radius 3 is 1.62 bits per heavy atom. The Kier molecular flexibility index (Phi) is 2.19. The minimum atomic E-state index is -4.26. The van der Waals surface area contributed by atoms with Crippen LogP contribution in [0.3, 0.4) is 0 Å². The van der Waals surface area contributed by atoms with Crippen LogP contribution in [0.25, 0.3) is 0 Å². The molecule has 1 atom stereocenters. The molecule has 13 heavy (non-hydrogen) atoms. The number of aliphatic hydroxyl groups is 1. The van der Waals surface area contributed by atoms with E-state index in [9.17, 15) is 18.3 Å². The van der Waals surface area contributed by atoms with Crippen molar-refractivity contribution in [3.8, 4) is 0 Å². The lowest BCUT2D eigenvalue weighted by Crippen LogP contribution is -2.43. The van der Waals surface area contributed by atoms with Crippen molar-refractivity contribution in [3.05, 3.63) is 0 Å². The smallest absolute Gasteiger partial charge is 0.392 e. The Balaban J connectivity index is 2.83. The number of halogens is 3. The SMILES string of the molecule is CC(C)(C)C(O)C1(C(F)(F)F)CC1. The highest BCUT2D eigenvalue weighted by molar-refractivity contribution is 5.07. The van der Waals surface area contributed by atoms with Crippen LogP contribution in [-0.4, -0.2) is 17.4 Å². The number of alkyl halides is 3. The summed E-state index contributed by atoms with van der Waals surface area (Å²) in [4.78, 5) is 0. The quantitative estimate of drug-likeness (QED) is 0.683. The zero-order chi connectivity index (χ0) is 10.5. The molecule has 1 rings (SSSR count). The number of hydrogen-bond acceptors (Lipinski definition) is 1. The van der Waals surface area contributed by atoms with Gasteiger partial charge in [0, 0.05) is 0 Å². The first-order valence-corrected chi connectivity index (χ1v) is 4.36. The highest BCUT2D eigenvalue weighted by atomic mass is 19.4. The summed E-state index contributed by atoms with van der Waals surface area (Å²) in [5.41, 5.74) is -2.52. The molecular formula is C9H15F3O. The molecule has 0 aromatic heterocycles. The summed E-state index contributed by atoms with van der Waals surface area (Å²) in [6, 6.07) is 0. The van der Waals surface area contributed by atoms with Gasteiger partial charge < -0.3 is 5.11 Å². The molecule has 1 aliphatic rings. The van der Waals surface area contributed by atoms with E-state index in [1.807, 2.05) is 0 Å². The molecule has 4 heteroatoms. The van der Waals surface area contributed by atoms with Gasteiger partial charge in [-0.1, -0.05) is 20.8 Å². The first-order chi connectivity index (χ1) is 5.61. The van der Waals surface area contributed by atoms with Crippen LogP contribution >= 0.6 is 0 Å². The third-order valence-electron chi connectivity index (χ3n) is 2.70. The van der Waals surface area contributed by atoms with Crippen LogP contribution in [0, 0.1) is 10.8 Å². The van der Waals surface area contributed by atoms with Gasteiger partial charge in [0.05, 0.1) is 11.5 Å². The summed E-state index contributed by atoms with van der Waals surface area (Å²) >= 11 is 0. The van der Waals surface area contributed by atoms with Gasteiger partial charge >= 0.3 is 6.18 Å². The minimum Gasteiger partial charge on any atom is -0.392 e. The molecule has 0 aromatic rings. The van der Waals surface area contributed by atoms with Crippen molar-refractivity contribution in [1.82, 2.24) is 0 Å². The standard InChI is InChI=1S/C9H15F3O/c1-7(2,3)6(13)8(4-5-8)9(10,11)12/h6,13H,4-5H2,1-3H3. The van der Waals surface area contributed by atoms with Gasteiger partial charge in [-0.2, -0.15) is 13.2 Å². The lowest BCUT2D eigenvalue weighted by Gasteiger charge is -2.34. The van der Waals surface area contributed by atoms with Gasteiger partial charge in [0.2, 0.25) is 0 Å². The molecule has 1 saturated carbocycles. The number of rotatable bonds is 1. The third-order valence-corrected chi connectivity index (χ3v) is 2.70. The second kappa shape index (κ2) is 2.62. The molecule has 0 amide bonds. The highest BCUT2D eigenvalue weighted by Crippen LogP contribution is 2.62. The predicted molar refractivity (Wildman–Crippen MR) is 43.2 cm³/mol. The molecule has 0 radical (unpaired) electrons. The maximum atomic E-state index is 12.5. The largest absolute Gasteiger partial charge is 0.396 e. The number of hydrogen-bond donors (Lipinski definition) is 1. The Labute approximate surface area is 75.9 Å². The van der Waals surface area contributed by atoms with Gasteiger partial charge in [0.1, 0.15) is 0 Å². The fourth-order valence-corrected chi connectivity index (χ4v) is 1.68. The van der Waals surface area contributed by atoms with E-state index in [4.69, 9.17) is 0 Å². The Morgan fingerprint density at radius 1 is 1.15 bits per heavy atom. The second-order valence-corrected chi connectivity index (χ2v) is 4.92. The monoisotopic (exact) mass is 196 g/mol. The zero-order valence-corrected chi connectivity index (χ0v) is 8.07. The van der Waals surface area contributed by atoms with E-state index in [1.54, 1.807) is 20.8 Å². The zero-order valence-electron chi connectivity index (χ0n) is 8.07. The maximum absolute atomic E-state index is 12.5. The van der Waals surface area contributed by atoms with Crippen molar-refractivity contribution in [2.45, 2.75) is 45.9 Å². The molecule has 0 saturated heterocycles. The summed E-state index contributed by atoms with van der Waals surface area (Å²) in [7, 11) is 0. The molecular weight excluding hydrogens is 181 g/mol. The molecule has 1 unspecified atom stereocenters. The first kappa shape index (κ1) is 10.8. The van der Waals surface area contributed by atoms with E-state index < -0.39 is 23.1 Å². The molecule has 0 aromatic carbocycles. The van der Waals surface area contributed by atoms with E-state index in [0.29, 0.717) is 0 Å². The summed E-state index contributed by atoms with van der Waals surface area (Å²) in [5, 5.41) is 9.59. The summed E-state index contributed by atoms with van der Waals surface area (Å²) in [6.07, 6.45) is -5.43. The maximum Gasteiger partial charge on any atom is 0.396 e. The van der Waals surface area contributed by atoms with Crippen molar-refractivity contribution >= 4 is 0 Å². The average molecular weight is 196 g/mol. The molecule has 1 aliphatic carbocycles. The van der Waals surface area contributed by atoms with Gasteiger partial charge in [0.15, 0.2) is 0 Å². The van der Waals surface area contributed by atoms with Crippen LogP contribution in [0.4, 0.5) is 13.2 Å². The van der Waals surface area contributed by atoms with E-state index in [2.05, 4.69) is 0 Å². The topological polar surface area (TPSA) is 20.2 Å². The Bertz CT molecular complexity index is 198. The fraction of sp³-hybridized carbons (Fsp3) is 1.00. The van der Waals surface area contributed by atoms with Gasteiger partial charge in [-0.05, 0) is 18.3 Å². The molecule has 1 fully saturated rings. The minimum absolute atomic E-state index is 0.0644. The summed E-state index contributed by atoms with van der Waals surface area (Å²) in [5.74, 6) is 0. The molecule has 1 nitrogen and oxygen atoms in total. The van der Waals surface area contributed by atoms with Crippen LogP contribution in [0.1, 0.15) is 33.6 Å². The Hall–Kier alpha value is -0.250. The lowest BCUT2D eigenvalue weighted by molar-refractivity contribution is -0.227.